The van der Waals surface area contributed by atoms with Gasteiger partial charge in [-0.05, 0) is 6.08 Å². The summed E-state index contributed by atoms with van der Waals surface area (Å²) in [6, 6.07) is -0.480. The lowest BCUT2D eigenvalue weighted by Gasteiger charge is -1.97. The van der Waals surface area contributed by atoms with Crippen LogP contribution in [0.25, 0.3) is 0 Å². The Morgan fingerprint density at radius 3 is 3.10 bits per heavy atom. The zero-order valence-corrected chi connectivity index (χ0v) is 4.98. The van der Waals surface area contributed by atoms with E-state index in [1.807, 2.05) is 0 Å². The van der Waals surface area contributed by atoms with Crippen LogP contribution in [0, 0.1) is 0 Å². The maximum absolute atomic E-state index is 10.5. The summed E-state index contributed by atoms with van der Waals surface area (Å²) >= 11 is 0. The molecule has 0 aromatic rings. The van der Waals surface area contributed by atoms with Gasteiger partial charge in [-0.25, -0.2) is 9.79 Å². The maximum Gasteiger partial charge on any atom is 0.369 e. The monoisotopic (exact) mass is 133 g/mol. The van der Waals surface area contributed by atoms with Gasteiger partial charge < -0.3 is 0 Å². The van der Waals surface area contributed by atoms with E-state index < -0.39 is 6.03 Å². The smallest absolute Gasteiger partial charge is 0.244 e. The van der Waals surface area contributed by atoms with Crippen LogP contribution in [0.3, 0.4) is 0 Å². The largest absolute Gasteiger partial charge is 0.369 e. The molecule has 2 rings (SSSR count). The summed E-state index contributed by atoms with van der Waals surface area (Å²) in [4.78, 5) is 21.4. The quantitative estimate of drug-likeness (QED) is 0.477. The van der Waals surface area contributed by atoms with Crippen LogP contribution >= 0.6 is 0 Å². The number of amides is 2. The average molecular weight is 133 g/mol. The van der Waals surface area contributed by atoms with Gasteiger partial charge in [-0.3, -0.25) is 0 Å². The number of amidine groups is 1. The van der Waals surface area contributed by atoms with Crippen molar-refractivity contribution in [2.45, 2.75) is 0 Å². The molecule has 0 saturated heterocycles. The summed E-state index contributed by atoms with van der Waals surface area (Å²) in [6.07, 6.45) is 4.82. The number of carbonyl (C=O) groups excluding carboxylic acids is 1. The van der Waals surface area contributed by atoms with Gasteiger partial charge in [-0.15, -0.1) is 0 Å². The fraction of sp³-hybridized carbons (Fsp3) is 0. The highest BCUT2D eigenvalue weighted by Crippen LogP contribution is 2.07. The molecule has 10 heavy (non-hydrogen) atoms. The predicted molar refractivity (Wildman–Crippen MR) is 37.9 cm³/mol. The molecule has 0 saturated carbocycles. The first kappa shape index (κ1) is 5.22. The van der Waals surface area contributed by atoms with Gasteiger partial charge in [-0.1, -0.05) is 0 Å². The first-order valence-electron chi connectivity index (χ1n) is 2.78. The molecule has 0 spiro atoms. The van der Waals surface area contributed by atoms with E-state index in [4.69, 9.17) is 0 Å². The van der Waals surface area contributed by atoms with Crippen molar-refractivity contribution in [2.75, 3.05) is 0 Å². The van der Waals surface area contributed by atoms with Crippen LogP contribution in [0.1, 0.15) is 0 Å². The maximum atomic E-state index is 10.5. The van der Waals surface area contributed by atoms with E-state index in [9.17, 15) is 4.79 Å². The van der Waals surface area contributed by atoms with Crippen molar-refractivity contribution in [3.8, 4) is 0 Å². The highest BCUT2D eigenvalue weighted by molar-refractivity contribution is 6.28. The van der Waals surface area contributed by atoms with Crippen LogP contribution in [0.5, 0.6) is 0 Å². The number of allylic oxidation sites excluding steroid dienone is 1. The van der Waals surface area contributed by atoms with Crippen molar-refractivity contribution in [3.63, 3.8) is 0 Å². The Morgan fingerprint density at radius 2 is 2.20 bits per heavy atom. The lowest BCUT2D eigenvalue weighted by Crippen LogP contribution is -2.06. The van der Waals surface area contributed by atoms with E-state index in [0.717, 1.165) is 5.57 Å². The van der Waals surface area contributed by atoms with Gasteiger partial charge in [0.15, 0.2) is 5.84 Å². The fourth-order valence-corrected chi connectivity index (χ4v) is 0.776. The summed E-state index contributed by atoms with van der Waals surface area (Å²) in [5.41, 5.74) is 0.805. The third-order valence-electron chi connectivity index (χ3n) is 1.22. The molecule has 0 unspecified atom stereocenters. The van der Waals surface area contributed by atoms with Crippen molar-refractivity contribution >= 4 is 24.3 Å². The second kappa shape index (κ2) is 1.70. The second-order valence-corrected chi connectivity index (χ2v) is 1.88. The highest BCUT2D eigenvalue weighted by atomic mass is 16.2. The van der Waals surface area contributed by atoms with E-state index in [2.05, 4.69) is 15.0 Å². The average Bonchev–Trinajstić information content (AvgIpc) is 2.33. The number of fused-ring (bicyclic) bond motifs is 1. The Morgan fingerprint density at radius 1 is 1.30 bits per heavy atom. The first-order chi connectivity index (χ1) is 4.86. The third kappa shape index (κ3) is 0.621. The number of carbonyl (C=O) groups is 1. The molecule has 4 nitrogen and oxygen atoms in total. The molecule has 0 radical (unpaired) electrons. The van der Waals surface area contributed by atoms with Gasteiger partial charge in [0.05, 0.1) is 0 Å². The number of aliphatic imine (C=N–C) groups is 3. The molecule has 0 bridgehead atoms. The Bertz CT molecular complexity index is 309. The number of hydrogen-bond donors (Lipinski definition) is 0. The molecule has 2 aliphatic rings. The van der Waals surface area contributed by atoms with E-state index >= 15 is 0 Å². The van der Waals surface area contributed by atoms with Crippen LogP contribution < -0.4 is 0 Å². The van der Waals surface area contributed by atoms with E-state index in [-0.39, 0.29) is 0 Å². The number of rotatable bonds is 0. The Hall–Kier alpha value is -1.58. The molecule has 0 N–H and O–H groups in total. The lowest BCUT2D eigenvalue weighted by molar-refractivity contribution is 0.257. The van der Waals surface area contributed by atoms with Crippen molar-refractivity contribution in [3.05, 3.63) is 11.6 Å². The normalized spacial score (nSPS) is 20.6. The van der Waals surface area contributed by atoms with Crippen molar-refractivity contribution < 1.29 is 4.79 Å². The topological polar surface area (TPSA) is 54.1 Å². The van der Waals surface area contributed by atoms with Crippen LogP contribution in [-0.4, -0.2) is 24.3 Å². The van der Waals surface area contributed by atoms with Gasteiger partial charge >= 0.3 is 6.03 Å². The molecule has 2 aliphatic heterocycles. The lowest BCUT2D eigenvalue weighted by atomic mass is 10.3. The SMILES string of the molecule is O=C1N=CC2=CC=NC2=N1. The minimum absolute atomic E-state index is 0.472. The minimum Gasteiger partial charge on any atom is -0.244 e. The van der Waals surface area contributed by atoms with Crippen LogP contribution in [0.15, 0.2) is 26.6 Å². The van der Waals surface area contributed by atoms with Gasteiger partial charge in [0.2, 0.25) is 0 Å². The zero-order chi connectivity index (χ0) is 6.97. The van der Waals surface area contributed by atoms with Crippen LogP contribution in [-0.2, 0) is 0 Å². The molecule has 0 aromatic carbocycles. The van der Waals surface area contributed by atoms with E-state index in [1.165, 1.54) is 6.21 Å². The van der Waals surface area contributed by atoms with E-state index in [1.54, 1.807) is 12.3 Å². The van der Waals surface area contributed by atoms with Crippen molar-refractivity contribution in [1.82, 2.24) is 0 Å². The Kier molecular flexibility index (Phi) is 0.887. The zero-order valence-electron chi connectivity index (χ0n) is 4.98. The molecule has 0 atom stereocenters. The number of urea groups is 1. The predicted octanol–water partition coefficient (Wildman–Crippen LogP) is 0.600. The molecular weight excluding hydrogens is 130 g/mol. The molecular formula is C6H3N3O. The summed E-state index contributed by atoms with van der Waals surface area (Å²) in [5, 5.41) is 0. The van der Waals surface area contributed by atoms with Gasteiger partial charge in [0.1, 0.15) is 0 Å². The molecule has 0 aliphatic carbocycles. The van der Waals surface area contributed by atoms with Gasteiger partial charge in [0, 0.05) is 18.0 Å². The van der Waals surface area contributed by atoms with Crippen molar-refractivity contribution in [1.29, 1.82) is 0 Å². The summed E-state index contributed by atoms with van der Waals surface area (Å²) < 4.78 is 0. The van der Waals surface area contributed by atoms with Crippen LogP contribution in [0.2, 0.25) is 0 Å². The standard InChI is InChI=1S/C6H3N3O/c10-6-8-3-4-1-2-7-5(4)9-6/h1-3H. The van der Waals surface area contributed by atoms with E-state index in [0.29, 0.717) is 5.84 Å². The van der Waals surface area contributed by atoms with Gasteiger partial charge in [-0.2, -0.15) is 9.98 Å². The summed E-state index contributed by atoms with van der Waals surface area (Å²) in [7, 11) is 0. The molecule has 4 heteroatoms. The minimum atomic E-state index is -0.480. The molecule has 0 fully saturated rings. The Labute approximate surface area is 56.7 Å². The van der Waals surface area contributed by atoms with Gasteiger partial charge in [0.25, 0.3) is 0 Å². The fourth-order valence-electron chi connectivity index (χ4n) is 0.776. The molecule has 0 aromatic heterocycles. The molecule has 48 valence electrons. The molecule has 2 amide bonds. The number of nitrogens with zero attached hydrogens (tertiary/aromatic N) is 3. The van der Waals surface area contributed by atoms with Crippen LogP contribution in [0.4, 0.5) is 4.79 Å². The second-order valence-electron chi connectivity index (χ2n) is 1.88. The Balaban J connectivity index is 2.51. The first-order valence-corrected chi connectivity index (χ1v) is 2.78. The highest BCUT2D eigenvalue weighted by Gasteiger charge is 2.13. The molecule has 2 heterocycles. The summed E-state index contributed by atoms with van der Waals surface area (Å²) in [5.74, 6) is 0.472. The third-order valence-corrected chi connectivity index (χ3v) is 1.22. The number of hydrogen-bond acceptors (Lipinski definition) is 2. The van der Waals surface area contributed by atoms with Crippen molar-refractivity contribution in [2.24, 2.45) is 15.0 Å². The summed E-state index contributed by atoms with van der Waals surface area (Å²) in [6.45, 7) is 0.